The molecular formula is C26H26FN5O2. The fraction of sp³-hybridized carbons (Fsp3) is 0.308. The first-order valence-corrected chi connectivity index (χ1v) is 11.5. The SMILES string of the molecule is Cc1cc(F)c(-c2ncccn2)c(C(=O)N2CCC[C@@H](C)[C@H]2CNc2nc3ccccc3o2)c1. The van der Waals surface area contributed by atoms with Crippen LogP contribution in [-0.2, 0) is 0 Å². The van der Waals surface area contributed by atoms with Crippen LogP contribution >= 0.6 is 0 Å². The molecule has 1 aliphatic heterocycles. The van der Waals surface area contributed by atoms with E-state index in [1.165, 1.54) is 6.07 Å². The van der Waals surface area contributed by atoms with Crippen LogP contribution in [-0.4, -0.2) is 44.9 Å². The van der Waals surface area contributed by atoms with Crippen LogP contribution in [0.2, 0.25) is 0 Å². The molecule has 0 unspecified atom stereocenters. The van der Waals surface area contributed by atoms with E-state index in [2.05, 4.69) is 27.2 Å². The number of carbonyl (C=O) groups is 1. The summed E-state index contributed by atoms with van der Waals surface area (Å²) in [6.07, 6.45) is 4.98. The Morgan fingerprint density at radius 3 is 2.79 bits per heavy atom. The Balaban J connectivity index is 1.45. The highest BCUT2D eigenvalue weighted by Gasteiger charge is 2.34. The monoisotopic (exact) mass is 459 g/mol. The van der Waals surface area contributed by atoms with Gasteiger partial charge >= 0.3 is 0 Å². The fourth-order valence-electron chi connectivity index (χ4n) is 4.67. The predicted octanol–water partition coefficient (Wildman–Crippen LogP) is 5.09. The van der Waals surface area contributed by atoms with Crippen molar-refractivity contribution >= 4 is 23.0 Å². The zero-order valence-electron chi connectivity index (χ0n) is 19.2. The Hall–Kier alpha value is -3.81. The number of aryl methyl sites for hydroxylation is 1. The molecule has 0 saturated carbocycles. The second kappa shape index (κ2) is 9.21. The smallest absolute Gasteiger partial charge is 0.295 e. The normalized spacial score (nSPS) is 18.3. The van der Waals surface area contributed by atoms with E-state index in [0.29, 0.717) is 30.3 Å². The molecule has 1 amide bonds. The number of hydrogen-bond donors (Lipinski definition) is 1. The lowest BCUT2D eigenvalue weighted by Gasteiger charge is -2.40. The van der Waals surface area contributed by atoms with Gasteiger partial charge in [-0.3, -0.25) is 4.79 Å². The molecule has 2 atom stereocenters. The van der Waals surface area contributed by atoms with Gasteiger partial charge in [0.05, 0.1) is 17.2 Å². The van der Waals surface area contributed by atoms with Gasteiger partial charge in [-0.25, -0.2) is 14.4 Å². The molecular weight excluding hydrogens is 433 g/mol. The van der Waals surface area contributed by atoms with E-state index in [4.69, 9.17) is 4.42 Å². The highest BCUT2D eigenvalue weighted by Crippen LogP contribution is 2.31. The van der Waals surface area contributed by atoms with Crippen molar-refractivity contribution in [2.75, 3.05) is 18.4 Å². The highest BCUT2D eigenvalue weighted by molar-refractivity contribution is 6.00. The van der Waals surface area contributed by atoms with Gasteiger partial charge in [0.15, 0.2) is 11.4 Å². The number of likely N-dealkylation sites (tertiary alicyclic amines) is 1. The third-order valence-electron chi connectivity index (χ3n) is 6.39. The fourth-order valence-corrected chi connectivity index (χ4v) is 4.67. The summed E-state index contributed by atoms with van der Waals surface area (Å²) < 4.78 is 20.9. The molecule has 1 aliphatic rings. The Kier molecular flexibility index (Phi) is 5.96. The number of nitrogens with zero attached hydrogens (tertiary/aromatic N) is 4. The number of fused-ring (bicyclic) bond motifs is 1. The number of hydrogen-bond acceptors (Lipinski definition) is 6. The van der Waals surface area contributed by atoms with Gasteiger partial charge in [0.1, 0.15) is 11.3 Å². The van der Waals surface area contributed by atoms with Gasteiger partial charge < -0.3 is 14.6 Å². The van der Waals surface area contributed by atoms with Crippen LogP contribution in [0.4, 0.5) is 10.4 Å². The number of nitrogens with one attached hydrogen (secondary N) is 1. The molecule has 174 valence electrons. The molecule has 34 heavy (non-hydrogen) atoms. The van der Waals surface area contributed by atoms with E-state index >= 15 is 4.39 Å². The summed E-state index contributed by atoms with van der Waals surface area (Å²) in [5.41, 5.74) is 2.58. The minimum absolute atomic E-state index is 0.107. The van der Waals surface area contributed by atoms with Crippen LogP contribution < -0.4 is 5.32 Å². The number of piperidine rings is 1. The second-order valence-corrected chi connectivity index (χ2v) is 8.79. The molecule has 1 saturated heterocycles. The van der Waals surface area contributed by atoms with Crippen molar-refractivity contribution in [1.29, 1.82) is 0 Å². The quantitative estimate of drug-likeness (QED) is 0.448. The molecule has 3 heterocycles. The lowest BCUT2D eigenvalue weighted by Crippen LogP contribution is -2.51. The molecule has 7 nitrogen and oxygen atoms in total. The minimum Gasteiger partial charge on any atom is -0.424 e. The first-order chi connectivity index (χ1) is 16.5. The zero-order chi connectivity index (χ0) is 23.7. The average Bonchev–Trinajstić information content (AvgIpc) is 3.26. The number of oxazole rings is 1. The lowest BCUT2D eigenvalue weighted by atomic mass is 9.89. The zero-order valence-corrected chi connectivity index (χ0v) is 19.2. The van der Waals surface area contributed by atoms with E-state index in [9.17, 15) is 4.79 Å². The van der Waals surface area contributed by atoms with Crippen LogP contribution in [0.15, 0.2) is 59.3 Å². The van der Waals surface area contributed by atoms with Crippen LogP contribution in [0.25, 0.3) is 22.5 Å². The van der Waals surface area contributed by atoms with Crippen molar-refractivity contribution in [2.24, 2.45) is 5.92 Å². The standard InChI is InChI=1S/C26H26FN5O2/c1-16-13-18(23(19(27)14-16)24-28-10-6-11-29-24)25(33)32-12-5-7-17(2)21(32)15-30-26-31-20-8-3-4-9-22(20)34-26/h3-4,6,8-11,13-14,17,21H,5,7,12,15H2,1-2H3,(H,30,31)/t17-,21-/m1/s1. The third kappa shape index (κ3) is 4.23. The first-order valence-electron chi connectivity index (χ1n) is 11.5. The van der Waals surface area contributed by atoms with Crippen molar-refractivity contribution in [2.45, 2.75) is 32.7 Å². The molecule has 1 N–H and O–H groups in total. The maximum atomic E-state index is 15.1. The van der Waals surface area contributed by atoms with Gasteiger partial charge in [-0.1, -0.05) is 19.1 Å². The van der Waals surface area contributed by atoms with Crippen LogP contribution in [0.3, 0.4) is 0 Å². The van der Waals surface area contributed by atoms with E-state index < -0.39 is 5.82 Å². The molecule has 5 rings (SSSR count). The Morgan fingerprint density at radius 2 is 2.00 bits per heavy atom. The Bertz CT molecular complexity index is 1290. The molecule has 0 radical (unpaired) electrons. The third-order valence-corrected chi connectivity index (χ3v) is 6.39. The molecule has 2 aromatic carbocycles. The van der Waals surface area contributed by atoms with Gasteiger partial charge in [-0.2, -0.15) is 4.98 Å². The van der Waals surface area contributed by atoms with E-state index in [0.717, 1.165) is 18.4 Å². The highest BCUT2D eigenvalue weighted by atomic mass is 19.1. The van der Waals surface area contributed by atoms with Gasteiger partial charge in [0.2, 0.25) is 0 Å². The predicted molar refractivity (Wildman–Crippen MR) is 128 cm³/mol. The molecule has 0 spiro atoms. The number of halogens is 1. The number of rotatable bonds is 5. The summed E-state index contributed by atoms with van der Waals surface area (Å²) in [6, 6.07) is 12.7. The number of anilines is 1. The molecule has 1 fully saturated rings. The molecule has 0 aliphatic carbocycles. The van der Waals surface area contributed by atoms with E-state index in [1.54, 1.807) is 31.5 Å². The van der Waals surface area contributed by atoms with Crippen LogP contribution in [0.5, 0.6) is 0 Å². The average molecular weight is 460 g/mol. The number of carbonyl (C=O) groups excluding carboxylic acids is 1. The summed E-state index contributed by atoms with van der Waals surface area (Å²) in [5, 5.41) is 3.27. The second-order valence-electron chi connectivity index (χ2n) is 8.79. The van der Waals surface area contributed by atoms with Crippen LogP contribution in [0.1, 0.15) is 35.7 Å². The van der Waals surface area contributed by atoms with Crippen molar-refractivity contribution in [3.8, 4) is 11.4 Å². The van der Waals surface area contributed by atoms with Crippen molar-refractivity contribution < 1.29 is 13.6 Å². The van der Waals surface area contributed by atoms with Gasteiger partial charge in [-0.15, -0.1) is 0 Å². The summed E-state index contributed by atoms with van der Waals surface area (Å²) in [5.74, 6) is -0.267. The van der Waals surface area contributed by atoms with Gasteiger partial charge in [0, 0.05) is 25.5 Å². The number of amides is 1. The van der Waals surface area contributed by atoms with Crippen LogP contribution in [0, 0.1) is 18.7 Å². The number of para-hydroxylation sites is 2. The molecule has 4 aromatic rings. The van der Waals surface area contributed by atoms with E-state index in [-0.39, 0.29) is 34.8 Å². The number of aromatic nitrogens is 3. The first kappa shape index (κ1) is 22.0. The molecule has 8 heteroatoms. The lowest BCUT2D eigenvalue weighted by molar-refractivity contribution is 0.0539. The molecule has 2 aromatic heterocycles. The summed E-state index contributed by atoms with van der Waals surface area (Å²) in [4.78, 5) is 28.6. The van der Waals surface area contributed by atoms with Crippen molar-refractivity contribution in [1.82, 2.24) is 19.9 Å². The summed E-state index contributed by atoms with van der Waals surface area (Å²) in [7, 11) is 0. The Morgan fingerprint density at radius 1 is 1.21 bits per heavy atom. The van der Waals surface area contributed by atoms with Gasteiger partial charge in [0.25, 0.3) is 11.9 Å². The maximum absolute atomic E-state index is 15.1. The van der Waals surface area contributed by atoms with Gasteiger partial charge in [-0.05, 0) is 61.6 Å². The summed E-state index contributed by atoms with van der Waals surface area (Å²) >= 11 is 0. The number of benzene rings is 2. The van der Waals surface area contributed by atoms with Crippen molar-refractivity contribution in [3.63, 3.8) is 0 Å². The van der Waals surface area contributed by atoms with Crippen molar-refractivity contribution in [3.05, 3.63) is 71.8 Å². The summed E-state index contributed by atoms with van der Waals surface area (Å²) in [6.45, 7) is 4.98. The largest absolute Gasteiger partial charge is 0.424 e. The molecule has 0 bridgehead atoms. The van der Waals surface area contributed by atoms with E-state index in [1.807, 2.05) is 29.2 Å². The Labute approximate surface area is 197 Å². The minimum atomic E-state index is -0.499. The topological polar surface area (TPSA) is 84.2 Å². The maximum Gasteiger partial charge on any atom is 0.295 e.